The van der Waals surface area contributed by atoms with Gasteiger partial charge in [-0.15, -0.1) is 35.3 Å². The van der Waals surface area contributed by atoms with Crippen LogP contribution in [0.3, 0.4) is 0 Å². The van der Waals surface area contributed by atoms with Crippen molar-refractivity contribution in [3.05, 3.63) is 21.3 Å². The van der Waals surface area contributed by atoms with Gasteiger partial charge in [0.05, 0.1) is 17.4 Å². The highest BCUT2D eigenvalue weighted by molar-refractivity contribution is 14.0. The first kappa shape index (κ1) is 23.3. The lowest BCUT2D eigenvalue weighted by molar-refractivity contribution is 0.0793. The van der Waals surface area contributed by atoms with Crippen LogP contribution >= 0.6 is 58.7 Å². The molecule has 2 rings (SSSR count). The van der Waals surface area contributed by atoms with Crippen molar-refractivity contribution < 1.29 is 4.74 Å². The summed E-state index contributed by atoms with van der Waals surface area (Å²) >= 11 is 9.70. The van der Waals surface area contributed by atoms with Crippen LogP contribution in [0.4, 0.5) is 0 Å². The Morgan fingerprint density at radius 1 is 1.40 bits per heavy atom. The number of nitrogens with zero attached hydrogens (tertiary/aromatic N) is 2. The molecule has 25 heavy (non-hydrogen) atoms. The first-order valence-electron chi connectivity index (χ1n) is 8.54. The Labute approximate surface area is 182 Å². The molecule has 0 spiro atoms. The van der Waals surface area contributed by atoms with Gasteiger partial charge in [0.15, 0.2) is 5.96 Å². The van der Waals surface area contributed by atoms with Crippen molar-refractivity contribution in [3.63, 3.8) is 0 Å². The second-order valence-electron chi connectivity index (χ2n) is 5.96. The minimum absolute atomic E-state index is 0. The summed E-state index contributed by atoms with van der Waals surface area (Å²) in [6, 6.07) is 4.04. The molecule has 0 aromatic carbocycles. The minimum atomic E-state index is 0. The average Bonchev–Trinajstić information content (AvgIpc) is 2.97. The molecule has 144 valence electrons. The number of thiophene rings is 1. The van der Waals surface area contributed by atoms with Gasteiger partial charge in [-0.2, -0.15) is 11.8 Å². The van der Waals surface area contributed by atoms with Crippen LogP contribution in [0, 0.1) is 0 Å². The second kappa shape index (κ2) is 11.9. The van der Waals surface area contributed by atoms with Crippen molar-refractivity contribution >= 4 is 64.6 Å². The van der Waals surface area contributed by atoms with Crippen LogP contribution in [0.5, 0.6) is 0 Å². The van der Waals surface area contributed by atoms with E-state index in [1.165, 1.54) is 4.88 Å². The second-order valence-corrected chi connectivity index (χ2v) is 9.49. The number of halogens is 2. The average molecular weight is 518 g/mol. The molecule has 8 heteroatoms. The Kier molecular flexibility index (Phi) is 11.1. The fraction of sp³-hybridized carbons (Fsp3) is 0.706. The van der Waals surface area contributed by atoms with E-state index in [1.54, 1.807) is 11.3 Å². The van der Waals surface area contributed by atoms with Gasteiger partial charge in [0, 0.05) is 36.4 Å². The maximum absolute atomic E-state index is 6.04. The summed E-state index contributed by atoms with van der Waals surface area (Å²) < 4.78 is 6.61. The summed E-state index contributed by atoms with van der Waals surface area (Å²) in [6.07, 6.45) is 2.16. The van der Waals surface area contributed by atoms with Crippen molar-refractivity contribution in [2.75, 3.05) is 39.1 Å². The topological polar surface area (TPSA) is 36.9 Å². The first-order valence-corrected chi connectivity index (χ1v) is 10.7. The molecule has 2 heterocycles. The maximum atomic E-state index is 6.04. The predicted molar refractivity (Wildman–Crippen MR) is 123 cm³/mol. The molecule has 0 aliphatic carbocycles. The van der Waals surface area contributed by atoms with Gasteiger partial charge in [-0.25, -0.2) is 0 Å². The van der Waals surface area contributed by atoms with E-state index in [0.717, 1.165) is 61.7 Å². The molecule has 1 saturated heterocycles. The fourth-order valence-corrected chi connectivity index (χ4v) is 5.20. The molecule has 1 aromatic heterocycles. The van der Waals surface area contributed by atoms with Gasteiger partial charge in [0.25, 0.3) is 0 Å². The lowest BCUT2D eigenvalue weighted by Gasteiger charge is -2.35. The normalized spacial score (nSPS) is 17.0. The molecule has 0 bridgehead atoms. The van der Waals surface area contributed by atoms with Crippen LogP contribution in [-0.2, 0) is 11.3 Å². The Balaban J connectivity index is 0.00000312. The molecule has 0 unspecified atom stereocenters. The molecule has 1 aliphatic rings. The zero-order chi connectivity index (χ0) is 17.4. The van der Waals surface area contributed by atoms with Crippen molar-refractivity contribution in [1.82, 2.24) is 10.2 Å². The maximum Gasteiger partial charge on any atom is 0.194 e. The van der Waals surface area contributed by atoms with E-state index < -0.39 is 0 Å². The highest BCUT2D eigenvalue weighted by Crippen LogP contribution is 2.35. The molecule has 1 aromatic rings. The largest absolute Gasteiger partial charge is 0.381 e. The molecular weight excluding hydrogens is 489 g/mol. The van der Waals surface area contributed by atoms with Gasteiger partial charge in [-0.05, 0) is 37.7 Å². The third kappa shape index (κ3) is 7.44. The molecular formula is C17H29ClIN3OS2. The molecule has 1 fully saturated rings. The Bertz CT molecular complexity index is 530. The lowest BCUT2D eigenvalue weighted by Crippen LogP contribution is -2.41. The van der Waals surface area contributed by atoms with Crippen LogP contribution in [0.15, 0.2) is 17.1 Å². The molecule has 0 atom stereocenters. The summed E-state index contributed by atoms with van der Waals surface area (Å²) in [4.78, 5) is 8.38. The van der Waals surface area contributed by atoms with E-state index in [2.05, 4.69) is 37.2 Å². The lowest BCUT2D eigenvalue weighted by atomic mass is 9.99. The quantitative estimate of drug-likeness (QED) is 0.323. The van der Waals surface area contributed by atoms with Gasteiger partial charge in [0.1, 0.15) is 0 Å². The molecule has 1 aliphatic heterocycles. The number of aliphatic imine (C=N–C) groups is 1. The Morgan fingerprint density at radius 3 is 2.68 bits per heavy atom. The van der Waals surface area contributed by atoms with Gasteiger partial charge >= 0.3 is 0 Å². The van der Waals surface area contributed by atoms with Gasteiger partial charge < -0.3 is 15.0 Å². The van der Waals surface area contributed by atoms with Gasteiger partial charge in [0.2, 0.25) is 0 Å². The van der Waals surface area contributed by atoms with E-state index in [9.17, 15) is 0 Å². The van der Waals surface area contributed by atoms with Crippen LogP contribution in [0.25, 0.3) is 0 Å². The number of hydrogen-bond donors (Lipinski definition) is 1. The van der Waals surface area contributed by atoms with E-state index in [1.807, 2.05) is 17.8 Å². The van der Waals surface area contributed by atoms with E-state index >= 15 is 0 Å². The van der Waals surface area contributed by atoms with E-state index in [-0.39, 0.29) is 28.7 Å². The molecule has 0 saturated carbocycles. The number of thioether (sulfide) groups is 1. The highest BCUT2D eigenvalue weighted by Gasteiger charge is 2.32. The van der Waals surface area contributed by atoms with Gasteiger partial charge in [-0.3, -0.25) is 4.99 Å². The number of hydrogen-bond acceptors (Lipinski definition) is 4. The molecule has 4 nitrogen and oxygen atoms in total. The molecule has 1 N–H and O–H groups in total. The summed E-state index contributed by atoms with van der Waals surface area (Å²) in [7, 11) is 2.08. The first-order chi connectivity index (χ1) is 11.6. The third-order valence-electron chi connectivity index (χ3n) is 4.09. The zero-order valence-corrected chi connectivity index (χ0v) is 19.9. The van der Waals surface area contributed by atoms with Crippen molar-refractivity contribution in [2.45, 2.75) is 38.0 Å². The fourth-order valence-electron chi connectivity index (χ4n) is 2.83. The minimum Gasteiger partial charge on any atom is -0.381 e. The Hall–Kier alpha value is 0.300. The summed E-state index contributed by atoms with van der Waals surface area (Å²) in [6.45, 7) is 8.56. The zero-order valence-electron chi connectivity index (χ0n) is 15.2. The number of guanidine groups is 1. The summed E-state index contributed by atoms with van der Waals surface area (Å²) in [5.41, 5.74) is 0. The number of rotatable bonds is 7. The van der Waals surface area contributed by atoms with Crippen molar-refractivity contribution in [3.8, 4) is 0 Å². The monoisotopic (exact) mass is 517 g/mol. The number of nitrogens with one attached hydrogen (secondary N) is 1. The summed E-state index contributed by atoms with van der Waals surface area (Å²) in [5.74, 6) is 2.08. The smallest absolute Gasteiger partial charge is 0.194 e. The SMILES string of the molecule is CCNC(=NCC1(SCC)CCOCC1)N(C)Cc1ccc(Cl)s1.I. The highest BCUT2D eigenvalue weighted by atomic mass is 127. The van der Waals surface area contributed by atoms with E-state index in [0.29, 0.717) is 0 Å². The Morgan fingerprint density at radius 2 is 2.12 bits per heavy atom. The molecule has 0 amide bonds. The third-order valence-corrected chi connectivity index (χ3v) is 6.74. The summed E-state index contributed by atoms with van der Waals surface area (Å²) in [5, 5.41) is 3.42. The van der Waals surface area contributed by atoms with E-state index in [4.69, 9.17) is 21.3 Å². The standard InChI is InChI=1S/C17H28ClN3OS2.HI/c1-4-19-16(21(3)12-14-6-7-15(18)24-14)20-13-17(23-5-2)8-10-22-11-9-17;/h6-7H,4-5,8-13H2,1-3H3,(H,19,20);1H. The van der Waals surface area contributed by atoms with Crippen LogP contribution in [0.1, 0.15) is 31.6 Å². The van der Waals surface area contributed by atoms with Crippen molar-refractivity contribution in [2.24, 2.45) is 4.99 Å². The molecule has 0 radical (unpaired) electrons. The van der Waals surface area contributed by atoms with Crippen molar-refractivity contribution in [1.29, 1.82) is 0 Å². The van der Waals surface area contributed by atoms with Gasteiger partial charge in [-0.1, -0.05) is 18.5 Å². The van der Waals surface area contributed by atoms with Crippen LogP contribution < -0.4 is 5.32 Å². The number of ether oxygens (including phenoxy) is 1. The van der Waals surface area contributed by atoms with Crippen LogP contribution in [-0.4, -0.2) is 54.7 Å². The predicted octanol–water partition coefficient (Wildman–Crippen LogP) is 4.72. The van der Waals surface area contributed by atoms with Crippen LogP contribution in [0.2, 0.25) is 4.34 Å².